The molecule has 2 aromatic heterocycles. The summed E-state index contributed by atoms with van der Waals surface area (Å²) in [5.74, 6) is -1.15. The van der Waals surface area contributed by atoms with Gasteiger partial charge in [-0.25, -0.2) is 9.18 Å². The van der Waals surface area contributed by atoms with Crippen LogP contribution < -0.4 is 0 Å². The minimum absolute atomic E-state index is 0.0204. The Kier molecular flexibility index (Phi) is 5.90. The molecule has 3 aromatic rings. The van der Waals surface area contributed by atoms with Crippen molar-refractivity contribution < 1.29 is 18.7 Å². The highest BCUT2D eigenvalue weighted by Crippen LogP contribution is 2.30. The first-order valence-electron chi connectivity index (χ1n) is 8.39. The van der Waals surface area contributed by atoms with Crippen molar-refractivity contribution in [2.24, 2.45) is 0 Å². The number of rotatable bonds is 6. The van der Waals surface area contributed by atoms with E-state index in [0.29, 0.717) is 23.6 Å². The molecule has 0 spiro atoms. The van der Waals surface area contributed by atoms with Crippen LogP contribution in [-0.4, -0.2) is 25.8 Å². The van der Waals surface area contributed by atoms with E-state index in [1.54, 1.807) is 12.1 Å². The molecular formula is C19H17ClFN3O3S. The molecule has 0 atom stereocenters. The fourth-order valence-electron chi connectivity index (χ4n) is 2.75. The zero-order valence-electron chi connectivity index (χ0n) is 15.4. The largest absolute Gasteiger partial charge is 0.477 e. The Labute approximate surface area is 170 Å². The number of nitrogens with zero attached hydrogens (tertiary/aromatic N) is 3. The van der Waals surface area contributed by atoms with E-state index in [4.69, 9.17) is 16.0 Å². The Bertz CT molecular complexity index is 1070. The van der Waals surface area contributed by atoms with E-state index in [0.717, 1.165) is 23.1 Å². The van der Waals surface area contributed by atoms with Crippen LogP contribution in [0.1, 0.15) is 29.8 Å². The number of carboxylic acid groups (broad SMARTS) is 1. The van der Waals surface area contributed by atoms with Gasteiger partial charge in [0, 0.05) is 23.5 Å². The van der Waals surface area contributed by atoms with Gasteiger partial charge in [0.25, 0.3) is 5.22 Å². The summed E-state index contributed by atoms with van der Waals surface area (Å²) in [7, 11) is 0. The number of hydrogen-bond acceptors (Lipinski definition) is 5. The average Bonchev–Trinajstić information content (AvgIpc) is 3.21. The number of thioether (sulfide) groups is 1. The van der Waals surface area contributed by atoms with Crippen molar-refractivity contribution in [1.29, 1.82) is 0 Å². The Morgan fingerprint density at radius 2 is 2.11 bits per heavy atom. The normalized spacial score (nSPS) is 11.8. The topological polar surface area (TPSA) is 81.2 Å². The smallest absolute Gasteiger partial charge is 0.342 e. The zero-order valence-corrected chi connectivity index (χ0v) is 16.9. The molecule has 2 heterocycles. The van der Waals surface area contributed by atoms with E-state index in [1.807, 2.05) is 31.4 Å². The molecule has 0 saturated heterocycles. The van der Waals surface area contributed by atoms with Gasteiger partial charge in [-0.05, 0) is 61.5 Å². The number of aryl methyl sites for hydroxylation is 2. The number of carbonyl (C=O) groups is 1. The molecule has 0 amide bonds. The van der Waals surface area contributed by atoms with Gasteiger partial charge in [-0.15, -0.1) is 10.2 Å². The van der Waals surface area contributed by atoms with E-state index in [2.05, 4.69) is 10.2 Å². The molecule has 0 fully saturated rings. The molecule has 0 unspecified atom stereocenters. The second-order valence-electron chi connectivity index (χ2n) is 5.99. The molecule has 0 aliphatic heterocycles. The molecule has 6 nitrogen and oxygen atoms in total. The van der Waals surface area contributed by atoms with Gasteiger partial charge in [-0.2, -0.15) is 0 Å². The monoisotopic (exact) mass is 421 g/mol. The molecule has 28 heavy (non-hydrogen) atoms. The number of aliphatic carboxylic acids is 1. The first-order chi connectivity index (χ1) is 13.3. The lowest BCUT2D eigenvalue weighted by molar-refractivity contribution is -0.131. The Hall–Kier alpha value is -2.58. The van der Waals surface area contributed by atoms with Crippen molar-refractivity contribution in [2.75, 3.05) is 0 Å². The first kappa shape index (κ1) is 20.2. The quantitative estimate of drug-likeness (QED) is 0.443. The van der Waals surface area contributed by atoms with Crippen LogP contribution in [0.2, 0.25) is 5.02 Å². The second kappa shape index (κ2) is 8.20. The molecule has 1 N–H and O–H groups in total. The van der Waals surface area contributed by atoms with Crippen molar-refractivity contribution in [3.63, 3.8) is 0 Å². The molecule has 0 radical (unpaired) electrons. The maximum Gasteiger partial charge on any atom is 0.342 e. The second-order valence-corrected chi connectivity index (χ2v) is 7.39. The summed E-state index contributed by atoms with van der Waals surface area (Å²) < 4.78 is 20.7. The minimum atomic E-state index is -1.10. The van der Waals surface area contributed by atoms with Gasteiger partial charge in [0.2, 0.25) is 5.89 Å². The van der Waals surface area contributed by atoms with Crippen LogP contribution in [0.25, 0.3) is 11.8 Å². The fourth-order valence-corrected chi connectivity index (χ4v) is 3.60. The van der Waals surface area contributed by atoms with Crippen molar-refractivity contribution in [2.45, 2.75) is 32.4 Å². The van der Waals surface area contributed by atoms with E-state index in [9.17, 15) is 14.3 Å². The van der Waals surface area contributed by atoms with Crippen LogP contribution in [0.4, 0.5) is 4.39 Å². The zero-order chi connectivity index (χ0) is 20.4. The third-order valence-corrected chi connectivity index (χ3v) is 5.22. The van der Waals surface area contributed by atoms with Gasteiger partial charge < -0.3 is 14.1 Å². The van der Waals surface area contributed by atoms with Gasteiger partial charge in [0.05, 0.1) is 5.02 Å². The van der Waals surface area contributed by atoms with Crippen LogP contribution in [0.15, 0.2) is 38.8 Å². The van der Waals surface area contributed by atoms with Gasteiger partial charge in [-0.3, -0.25) is 0 Å². The van der Waals surface area contributed by atoms with Gasteiger partial charge in [0.15, 0.2) is 0 Å². The number of halogens is 2. The standard InChI is InChI=1S/C19H17ClFN3O3S/c1-4-17-22-23-19(27-17)28-16(18(25)26)8-12-7-10(2)24(11(12)3)13-5-6-15(21)14(20)9-13/h5-9H,4H2,1-3H3,(H,25,26)/b16-8-. The molecule has 0 saturated carbocycles. The highest BCUT2D eigenvalue weighted by atomic mass is 35.5. The fraction of sp³-hybridized carbons (Fsp3) is 0.211. The summed E-state index contributed by atoms with van der Waals surface area (Å²) in [4.78, 5) is 11.7. The Morgan fingerprint density at radius 1 is 1.36 bits per heavy atom. The van der Waals surface area contributed by atoms with E-state index < -0.39 is 11.8 Å². The Morgan fingerprint density at radius 3 is 2.71 bits per heavy atom. The number of aromatic nitrogens is 3. The van der Waals surface area contributed by atoms with E-state index in [-0.39, 0.29) is 15.2 Å². The third kappa shape index (κ3) is 4.13. The SMILES string of the molecule is CCc1nnc(S/C(=C\c2cc(C)n(-c3ccc(F)c(Cl)c3)c2C)C(=O)O)o1. The summed E-state index contributed by atoms with van der Waals surface area (Å²) in [6, 6.07) is 6.29. The van der Waals surface area contributed by atoms with Crippen LogP contribution in [0.5, 0.6) is 0 Å². The Balaban J connectivity index is 1.99. The van der Waals surface area contributed by atoms with Crippen molar-refractivity contribution in [3.8, 4) is 5.69 Å². The highest BCUT2D eigenvalue weighted by Gasteiger charge is 2.17. The van der Waals surface area contributed by atoms with Gasteiger partial charge in [-0.1, -0.05) is 18.5 Å². The van der Waals surface area contributed by atoms with Crippen LogP contribution in [-0.2, 0) is 11.2 Å². The van der Waals surface area contributed by atoms with Crippen molar-refractivity contribution >= 4 is 35.4 Å². The molecule has 0 bridgehead atoms. The van der Waals surface area contributed by atoms with Crippen LogP contribution >= 0.6 is 23.4 Å². The van der Waals surface area contributed by atoms with Crippen LogP contribution in [0, 0.1) is 19.7 Å². The molecule has 0 aliphatic carbocycles. The summed E-state index contributed by atoms with van der Waals surface area (Å²) in [6.07, 6.45) is 2.12. The van der Waals surface area contributed by atoms with E-state index in [1.165, 1.54) is 12.1 Å². The summed E-state index contributed by atoms with van der Waals surface area (Å²) in [5.41, 5.74) is 3.04. The highest BCUT2D eigenvalue weighted by molar-refractivity contribution is 8.03. The summed E-state index contributed by atoms with van der Waals surface area (Å²) in [5, 5.41) is 17.4. The first-order valence-corrected chi connectivity index (χ1v) is 9.59. The maximum absolute atomic E-state index is 13.5. The van der Waals surface area contributed by atoms with Crippen molar-refractivity contribution in [3.05, 3.63) is 62.9 Å². The third-order valence-electron chi connectivity index (χ3n) is 4.08. The average molecular weight is 422 g/mol. The van der Waals surface area contributed by atoms with Crippen LogP contribution in [0.3, 0.4) is 0 Å². The minimum Gasteiger partial charge on any atom is -0.477 e. The number of hydrogen-bond donors (Lipinski definition) is 1. The number of carboxylic acids is 1. The molecule has 146 valence electrons. The molecule has 9 heteroatoms. The van der Waals surface area contributed by atoms with E-state index >= 15 is 0 Å². The lowest BCUT2D eigenvalue weighted by atomic mass is 10.2. The summed E-state index contributed by atoms with van der Waals surface area (Å²) >= 11 is 6.79. The molecule has 0 aliphatic rings. The molecule has 3 rings (SSSR count). The van der Waals surface area contributed by atoms with Crippen molar-refractivity contribution in [1.82, 2.24) is 14.8 Å². The molecular weight excluding hydrogens is 405 g/mol. The van der Waals surface area contributed by atoms with Gasteiger partial charge >= 0.3 is 5.97 Å². The predicted octanol–water partition coefficient (Wildman–Crippen LogP) is 5.05. The van der Waals surface area contributed by atoms with Gasteiger partial charge in [0.1, 0.15) is 10.7 Å². The summed E-state index contributed by atoms with van der Waals surface area (Å²) in [6.45, 7) is 5.59. The predicted molar refractivity (Wildman–Crippen MR) is 105 cm³/mol. The lowest BCUT2D eigenvalue weighted by Gasteiger charge is -2.10. The lowest BCUT2D eigenvalue weighted by Crippen LogP contribution is -2.00. The number of benzene rings is 1. The molecule has 1 aromatic carbocycles. The maximum atomic E-state index is 13.5.